The highest BCUT2D eigenvalue weighted by atomic mass is 32.1. The van der Waals surface area contributed by atoms with Gasteiger partial charge in [-0.1, -0.05) is 0 Å². The minimum Gasteiger partial charge on any atom is -0.478 e. The highest BCUT2D eigenvalue weighted by Crippen LogP contribution is 2.10. The Labute approximate surface area is 56.1 Å². The van der Waals surface area contributed by atoms with Crippen LogP contribution in [0.15, 0.2) is 6.20 Å². The predicted molar refractivity (Wildman–Crippen MR) is 33.8 cm³/mol. The van der Waals surface area contributed by atoms with Crippen molar-refractivity contribution in [1.82, 2.24) is 4.37 Å². The summed E-state index contributed by atoms with van der Waals surface area (Å²) < 4.78 is 3.70. The molecule has 48 valence electrons. The van der Waals surface area contributed by atoms with Gasteiger partial charge in [-0.25, -0.2) is 4.79 Å². The van der Waals surface area contributed by atoms with Gasteiger partial charge in [-0.05, 0) is 18.5 Å². The second-order valence-electron chi connectivity index (χ2n) is 1.60. The van der Waals surface area contributed by atoms with E-state index in [-0.39, 0.29) is 0 Å². The number of aromatic carboxylic acids is 1. The van der Waals surface area contributed by atoms with Gasteiger partial charge in [0.2, 0.25) is 0 Å². The second kappa shape index (κ2) is 2.14. The molecule has 0 aliphatic heterocycles. The summed E-state index contributed by atoms with van der Waals surface area (Å²) in [5, 5.41) is 8.42. The number of carbonyl (C=O) groups is 1. The van der Waals surface area contributed by atoms with Crippen LogP contribution in [0, 0.1) is 6.92 Å². The summed E-state index contributed by atoms with van der Waals surface area (Å²) in [7, 11) is 0. The van der Waals surface area contributed by atoms with Crippen LogP contribution in [-0.4, -0.2) is 15.4 Å². The van der Waals surface area contributed by atoms with Crippen LogP contribution in [-0.2, 0) is 0 Å². The molecule has 0 bridgehead atoms. The Bertz CT molecular complexity index is 231. The molecule has 1 rings (SSSR count). The number of aryl methyl sites for hydroxylation is 1. The van der Waals surface area contributed by atoms with Crippen molar-refractivity contribution in [3.8, 4) is 0 Å². The largest absolute Gasteiger partial charge is 0.478 e. The number of aromatic nitrogens is 1. The van der Waals surface area contributed by atoms with Gasteiger partial charge in [-0.3, -0.25) is 0 Å². The highest BCUT2D eigenvalue weighted by Gasteiger charge is 2.06. The summed E-state index contributed by atoms with van der Waals surface area (Å²) in [5.74, 6) is -0.902. The van der Waals surface area contributed by atoms with E-state index in [1.807, 2.05) is 0 Å². The van der Waals surface area contributed by atoms with E-state index < -0.39 is 5.97 Å². The Morgan fingerprint density at radius 1 is 1.89 bits per heavy atom. The quantitative estimate of drug-likeness (QED) is 0.641. The average molecular weight is 143 g/mol. The van der Waals surface area contributed by atoms with Gasteiger partial charge in [0, 0.05) is 4.88 Å². The molecule has 0 saturated heterocycles. The lowest BCUT2D eigenvalue weighted by atomic mass is 10.3. The molecule has 4 heteroatoms. The third kappa shape index (κ3) is 1.08. The number of hydrogen-bond acceptors (Lipinski definition) is 3. The zero-order valence-corrected chi connectivity index (χ0v) is 5.60. The van der Waals surface area contributed by atoms with E-state index >= 15 is 0 Å². The Kier molecular flexibility index (Phi) is 1.48. The Morgan fingerprint density at radius 3 is 2.78 bits per heavy atom. The standard InChI is InChI=1S/C5H5NO2S/c1-3-4(5(7)8)2-6-9-3/h2H,1H3,(H,7,8). The molecule has 0 fully saturated rings. The maximum Gasteiger partial charge on any atom is 0.338 e. The monoisotopic (exact) mass is 143 g/mol. The van der Waals surface area contributed by atoms with Crippen molar-refractivity contribution in [3.05, 3.63) is 16.6 Å². The molecule has 0 amide bonds. The fraction of sp³-hybridized carbons (Fsp3) is 0.200. The fourth-order valence-electron chi connectivity index (χ4n) is 0.504. The number of hydrogen-bond donors (Lipinski definition) is 1. The molecule has 0 radical (unpaired) electrons. The first-order valence-electron chi connectivity index (χ1n) is 2.36. The highest BCUT2D eigenvalue weighted by molar-refractivity contribution is 7.06. The molecule has 0 spiro atoms. The maximum atomic E-state index is 10.2. The van der Waals surface area contributed by atoms with Crippen LogP contribution in [0.5, 0.6) is 0 Å². The van der Waals surface area contributed by atoms with Gasteiger partial charge in [0.1, 0.15) is 0 Å². The van der Waals surface area contributed by atoms with Crippen molar-refractivity contribution in [2.75, 3.05) is 0 Å². The van der Waals surface area contributed by atoms with Crippen LogP contribution in [0.1, 0.15) is 15.2 Å². The van der Waals surface area contributed by atoms with E-state index in [0.717, 1.165) is 4.88 Å². The van der Waals surface area contributed by atoms with E-state index in [1.54, 1.807) is 6.92 Å². The van der Waals surface area contributed by atoms with Gasteiger partial charge in [-0.2, -0.15) is 4.37 Å². The van der Waals surface area contributed by atoms with E-state index in [0.29, 0.717) is 5.56 Å². The minimum atomic E-state index is -0.902. The Morgan fingerprint density at radius 2 is 2.56 bits per heavy atom. The SMILES string of the molecule is Cc1sncc1C(=O)O. The van der Waals surface area contributed by atoms with Crippen LogP contribution in [0.2, 0.25) is 0 Å². The topological polar surface area (TPSA) is 50.2 Å². The number of carboxylic acid groups (broad SMARTS) is 1. The first-order chi connectivity index (χ1) is 4.22. The van der Waals surface area contributed by atoms with Crippen molar-refractivity contribution in [3.63, 3.8) is 0 Å². The van der Waals surface area contributed by atoms with Crippen molar-refractivity contribution < 1.29 is 9.90 Å². The van der Waals surface area contributed by atoms with E-state index in [1.165, 1.54) is 17.7 Å². The molecule has 1 aromatic rings. The minimum absolute atomic E-state index is 0.306. The van der Waals surface area contributed by atoms with Gasteiger partial charge in [0.15, 0.2) is 0 Å². The van der Waals surface area contributed by atoms with Crippen molar-refractivity contribution in [1.29, 1.82) is 0 Å². The van der Waals surface area contributed by atoms with Crippen LogP contribution in [0.3, 0.4) is 0 Å². The molecule has 0 atom stereocenters. The van der Waals surface area contributed by atoms with Gasteiger partial charge >= 0.3 is 5.97 Å². The zero-order chi connectivity index (χ0) is 6.85. The molecular weight excluding hydrogens is 138 g/mol. The molecule has 9 heavy (non-hydrogen) atoms. The van der Waals surface area contributed by atoms with E-state index in [2.05, 4.69) is 4.37 Å². The molecule has 0 saturated carbocycles. The third-order valence-corrected chi connectivity index (χ3v) is 1.69. The van der Waals surface area contributed by atoms with E-state index in [4.69, 9.17) is 5.11 Å². The number of carboxylic acids is 1. The lowest BCUT2D eigenvalue weighted by molar-refractivity contribution is 0.0696. The molecule has 0 unspecified atom stereocenters. The van der Waals surface area contributed by atoms with Gasteiger partial charge in [-0.15, -0.1) is 0 Å². The summed E-state index contributed by atoms with van der Waals surface area (Å²) >= 11 is 1.20. The predicted octanol–water partition coefficient (Wildman–Crippen LogP) is 1.15. The van der Waals surface area contributed by atoms with Crippen LogP contribution in [0.25, 0.3) is 0 Å². The van der Waals surface area contributed by atoms with Crippen molar-refractivity contribution in [2.24, 2.45) is 0 Å². The van der Waals surface area contributed by atoms with Crippen molar-refractivity contribution >= 4 is 17.5 Å². The summed E-state index contributed by atoms with van der Waals surface area (Å²) in [4.78, 5) is 11.0. The average Bonchev–Trinajstić information content (AvgIpc) is 2.13. The molecule has 0 aliphatic carbocycles. The summed E-state index contributed by atoms with van der Waals surface area (Å²) in [5.41, 5.74) is 0.306. The van der Waals surface area contributed by atoms with Crippen LogP contribution in [0.4, 0.5) is 0 Å². The first-order valence-corrected chi connectivity index (χ1v) is 3.13. The normalized spacial score (nSPS) is 9.44. The molecule has 0 aliphatic rings. The van der Waals surface area contributed by atoms with Crippen LogP contribution >= 0.6 is 11.5 Å². The third-order valence-electron chi connectivity index (χ3n) is 0.981. The summed E-state index contributed by atoms with van der Waals surface area (Å²) in [6.07, 6.45) is 1.36. The Balaban J connectivity index is 3.08. The lowest BCUT2D eigenvalue weighted by Gasteiger charge is -1.84. The maximum absolute atomic E-state index is 10.2. The summed E-state index contributed by atoms with van der Waals surface area (Å²) in [6.45, 7) is 1.74. The zero-order valence-electron chi connectivity index (χ0n) is 4.79. The van der Waals surface area contributed by atoms with Gasteiger partial charge < -0.3 is 5.11 Å². The van der Waals surface area contributed by atoms with Crippen LogP contribution < -0.4 is 0 Å². The van der Waals surface area contributed by atoms with Crippen molar-refractivity contribution in [2.45, 2.75) is 6.92 Å². The number of nitrogens with zero attached hydrogens (tertiary/aromatic N) is 1. The molecule has 0 aromatic carbocycles. The second-order valence-corrected chi connectivity index (χ2v) is 2.61. The molecule has 1 heterocycles. The van der Waals surface area contributed by atoms with Gasteiger partial charge in [0.05, 0.1) is 11.8 Å². The van der Waals surface area contributed by atoms with E-state index in [9.17, 15) is 4.79 Å². The van der Waals surface area contributed by atoms with Gasteiger partial charge in [0.25, 0.3) is 0 Å². The molecule has 1 aromatic heterocycles. The summed E-state index contributed by atoms with van der Waals surface area (Å²) in [6, 6.07) is 0. The first kappa shape index (κ1) is 6.22. The smallest absolute Gasteiger partial charge is 0.338 e. The fourth-order valence-corrected chi connectivity index (χ4v) is 1.06. The molecule has 1 N–H and O–H groups in total. The molecular formula is C5H5NO2S. The Hall–Kier alpha value is -0.900. The lowest BCUT2D eigenvalue weighted by Crippen LogP contribution is -1.94. The molecule has 3 nitrogen and oxygen atoms in total. The number of rotatable bonds is 1.